The molecule has 0 aromatic heterocycles. The second kappa shape index (κ2) is 5.63. The van der Waals surface area contributed by atoms with Crippen molar-refractivity contribution >= 4 is 26.7 Å². The van der Waals surface area contributed by atoms with Crippen LogP contribution in [-0.4, -0.2) is 0 Å². The third kappa shape index (κ3) is 2.68. The van der Waals surface area contributed by atoms with Crippen LogP contribution >= 0.6 is 15.9 Å². The summed E-state index contributed by atoms with van der Waals surface area (Å²) < 4.78 is 19.8. The maximum atomic E-state index is 13.1. The molecule has 0 amide bonds. The van der Waals surface area contributed by atoms with E-state index in [1.165, 1.54) is 12.1 Å². The second-order valence-corrected chi connectivity index (χ2v) is 5.31. The molecule has 0 heterocycles. The lowest BCUT2D eigenvalue weighted by Gasteiger charge is -2.10. The Morgan fingerprint density at radius 2 is 1.80 bits per heavy atom. The van der Waals surface area contributed by atoms with E-state index >= 15 is 0 Å². The summed E-state index contributed by atoms with van der Waals surface area (Å²) in [5.74, 6) is 0.511. The molecule has 0 saturated heterocycles. The highest BCUT2D eigenvalue weighted by Gasteiger charge is 2.06. The Bertz CT molecular complexity index is 755. The third-order valence-corrected chi connectivity index (χ3v) is 3.93. The molecule has 0 aliphatic carbocycles. The largest absolute Gasteiger partial charge is 0.488 e. The maximum absolute atomic E-state index is 13.1. The van der Waals surface area contributed by atoms with Crippen LogP contribution in [0.5, 0.6) is 5.75 Å². The number of benzene rings is 3. The van der Waals surface area contributed by atoms with Gasteiger partial charge in [-0.15, -0.1) is 0 Å². The molecule has 3 heteroatoms. The highest BCUT2D eigenvalue weighted by Crippen LogP contribution is 2.33. The summed E-state index contributed by atoms with van der Waals surface area (Å²) >= 11 is 3.57. The van der Waals surface area contributed by atoms with E-state index in [4.69, 9.17) is 4.74 Å². The van der Waals surface area contributed by atoms with Gasteiger partial charge >= 0.3 is 0 Å². The van der Waals surface area contributed by atoms with Crippen molar-refractivity contribution in [3.05, 3.63) is 76.5 Å². The molecule has 3 rings (SSSR count). The standard InChI is InChI=1S/C17H12BrFO/c18-17-15-7-2-1-5-13(15)8-9-16(17)20-11-12-4-3-6-14(19)10-12/h1-10H,11H2. The van der Waals surface area contributed by atoms with Crippen LogP contribution in [0, 0.1) is 5.82 Å². The van der Waals surface area contributed by atoms with Gasteiger partial charge in [0, 0.05) is 0 Å². The first-order chi connectivity index (χ1) is 9.74. The lowest BCUT2D eigenvalue weighted by atomic mass is 10.1. The van der Waals surface area contributed by atoms with Crippen LogP contribution in [0.1, 0.15) is 5.56 Å². The zero-order valence-corrected chi connectivity index (χ0v) is 12.2. The molecule has 0 fully saturated rings. The van der Waals surface area contributed by atoms with E-state index in [2.05, 4.69) is 22.0 Å². The predicted octanol–water partition coefficient (Wildman–Crippen LogP) is 5.32. The molecule has 0 spiro atoms. The summed E-state index contributed by atoms with van der Waals surface area (Å²) in [6, 6.07) is 18.5. The molecule has 0 bridgehead atoms. The molecule has 0 aliphatic rings. The van der Waals surface area contributed by atoms with Gasteiger partial charge in [0.15, 0.2) is 0 Å². The zero-order chi connectivity index (χ0) is 13.9. The number of hydrogen-bond acceptors (Lipinski definition) is 1. The van der Waals surface area contributed by atoms with Crippen LogP contribution in [0.25, 0.3) is 10.8 Å². The fourth-order valence-electron chi connectivity index (χ4n) is 2.11. The van der Waals surface area contributed by atoms with E-state index in [1.807, 2.05) is 36.4 Å². The van der Waals surface area contributed by atoms with Crippen LogP contribution in [-0.2, 0) is 6.61 Å². The Kier molecular flexibility index (Phi) is 3.70. The quantitative estimate of drug-likeness (QED) is 0.631. The highest BCUT2D eigenvalue weighted by molar-refractivity contribution is 9.10. The molecule has 0 unspecified atom stereocenters. The molecule has 0 aliphatic heterocycles. The molecular formula is C17H12BrFO. The minimum atomic E-state index is -0.247. The molecule has 0 atom stereocenters. The Labute approximate surface area is 125 Å². The first-order valence-electron chi connectivity index (χ1n) is 6.28. The minimum absolute atomic E-state index is 0.247. The van der Waals surface area contributed by atoms with Crippen molar-refractivity contribution < 1.29 is 9.13 Å². The first kappa shape index (κ1) is 13.1. The van der Waals surface area contributed by atoms with Gasteiger partial charge < -0.3 is 4.74 Å². The maximum Gasteiger partial charge on any atom is 0.134 e. The molecular weight excluding hydrogens is 319 g/mol. The summed E-state index contributed by atoms with van der Waals surface area (Å²) in [6.07, 6.45) is 0. The normalized spacial score (nSPS) is 10.7. The number of fused-ring (bicyclic) bond motifs is 1. The topological polar surface area (TPSA) is 9.23 Å². The molecule has 0 radical (unpaired) electrons. The summed E-state index contributed by atoms with van der Waals surface area (Å²) in [5, 5.41) is 2.25. The van der Waals surface area contributed by atoms with Gasteiger partial charge in [-0.1, -0.05) is 42.5 Å². The Balaban J connectivity index is 1.86. The van der Waals surface area contributed by atoms with Gasteiger partial charge in [0.1, 0.15) is 18.2 Å². The van der Waals surface area contributed by atoms with Crippen molar-refractivity contribution in [1.29, 1.82) is 0 Å². The predicted molar refractivity (Wildman–Crippen MR) is 82.4 cm³/mol. The van der Waals surface area contributed by atoms with Gasteiger partial charge in [-0.25, -0.2) is 4.39 Å². The fraction of sp³-hybridized carbons (Fsp3) is 0.0588. The SMILES string of the molecule is Fc1cccc(COc2ccc3ccccc3c2Br)c1. The summed E-state index contributed by atoms with van der Waals surface area (Å²) in [4.78, 5) is 0. The van der Waals surface area contributed by atoms with Crippen LogP contribution in [0.15, 0.2) is 65.1 Å². The number of ether oxygens (including phenoxy) is 1. The molecule has 20 heavy (non-hydrogen) atoms. The Hall–Kier alpha value is -1.87. The van der Waals surface area contributed by atoms with Crippen molar-refractivity contribution in [3.63, 3.8) is 0 Å². The molecule has 1 nitrogen and oxygen atoms in total. The van der Waals surface area contributed by atoms with Gasteiger partial charge in [0.25, 0.3) is 0 Å². The summed E-state index contributed by atoms with van der Waals surface area (Å²) in [6.45, 7) is 0.342. The van der Waals surface area contributed by atoms with E-state index in [-0.39, 0.29) is 5.82 Å². The average molecular weight is 331 g/mol. The zero-order valence-electron chi connectivity index (χ0n) is 10.6. The smallest absolute Gasteiger partial charge is 0.134 e. The van der Waals surface area contributed by atoms with Crippen LogP contribution in [0.4, 0.5) is 4.39 Å². The minimum Gasteiger partial charge on any atom is -0.488 e. The van der Waals surface area contributed by atoms with Gasteiger partial charge in [-0.05, 0) is 50.5 Å². The molecule has 3 aromatic rings. The highest BCUT2D eigenvalue weighted by atomic mass is 79.9. The van der Waals surface area contributed by atoms with Gasteiger partial charge in [0.2, 0.25) is 0 Å². The fourth-order valence-corrected chi connectivity index (χ4v) is 2.72. The molecule has 100 valence electrons. The van der Waals surface area contributed by atoms with Crippen molar-refractivity contribution in [2.75, 3.05) is 0 Å². The number of halogens is 2. The first-order valence-corrected chi connectivity index (χ1v) is 7.08. The third-order valence-electron chi connectivity index (χ3n) is 3.11. The van der Waals surface area contributed by atoms with E-state index < -0.39 is 0 Å². The van der Waals surface area contributed by atoms with Crippen LogP contribution < -0.4 is 4.74 Å². The van der Waals surface area contributed by atoms with Crippen molar-refractivity contribution in [2.24, 2.45) is 0 Å². The van der Waals surface area contributed by atoms with E-state index in [0.717, 1.165) is 26.6 Å². The van der Waals surface area contributed by atoms with Crippen molar-refractivity contribution in [1.82, 2.24) is 0 Å². The van der Waals surface area contributed by atoms with E-state index in [0.29, 0.717) is 6.61 Å². The average Bonchev–Trinajstić information content (AvgIpc) is 2.47. The van der Waals surface area contributed by atoms with Gasteiger partial charge in [-0.2, -0.15) is 0 Å². The summed E-state index contributed by atoms with van der Waals surface area (Å²) in [5.41, 5.74) is 0.810. The van der Waals surface area contributed by atoms with E-state index in [9.17, 15) is 4.39 Å². The summed E-state index contributed by atoms with van der Waals surface area (Å²) in [7, 11) is 0. The molecule has 3 aromatic carbocycles. The van der Waals surface area contributed by atoms with Crippen molar-refractivity contribution in [3.8, 4) is 5.75 Å². The molecule has 0 N–H and O–H groups in total. The Morgan fingerprint density at radius 1 is 0.950 bits per heavy atom. The van der Waals surface area contributed by atoms with E-state index in [1.54, 1.807) is 6.07 Å². The monoisotopic (exact) mass is 330 g/mol. The van der Waals surface area contributed by atoms with Crippen molar-refractivity contribution in [2.45, 2.75) is 6.61 Å². The van der Waals surface area contributed by atoms with Crippen LogP contribution in [0.2, 0.25) is 0 Å². The van der Waals surface area contributed by atoms with Gasteiger partial charge in [0.05, 0.1) is 4.47 Å². The number of rotatable bonds is 3. The lowest BCUT2D eigenvalue weighted by molar-refractivity contribution is 0.304. The van der Waals surface area contributed by atoms with Gasteiger partial charge in [-0.3, -0.25) is 0 Å². The van der Waals surface area contributed by atoms with Crippen LogP contribution in [0.3, 0.4) is 0 Å². The lowest BCUT2D eigenvalue weighted by Crippen LogP contribution is -1.96. The molecule has 0 saturated carbocycles. The Morgan fingerprint density at radius 3 is 2.65 bits per heavy atom. The number of hydrogen-bond donors (Lipinski definition) is 0. The second-order valence-electron chi connectivity index (χ2n) is 4.52.